The van der Waals surface area contributed by atoms with Gasteiger partial charge in [0.2, 0.25) is 0 Å². The number of rotatable bonds is 7. The molecule has 0 unspecified atom stereocenters. The Bertz CT molecular complexity index is 851. The lowest BCUT2D eigenvalue weighted by atomic mass is 10.2. The van der Waals surface area contributed by atoms with Gasteiger partial charge in [-0.1, -0.05) is 0 Å². The zero-order valence-electron chi connectivity index (χ0n) is 18.0. The second-order valence-electron chi connectivity index (χ2n) is 8.15. The van der Waals surface area contributed by atoms with E-state index in [0.717, 1.165) is 60.6 Å². The van der Waals surface area contributed by atoms with Crippen molar-refractivity contribution in [2.24, 2.45) is 0 Å². The molecular formula is C23H32N4O2S. The minimum atomic E-state index is 0.0128. The standard InChI is InChI=1S/C23H32N4O2S/c1-3-24-23(28)27-14-11-20-21(16-27)30-22(25-20)18-7-9-19(10-8-18)29-15-5-13-26-12-4-6-17(26)2/h7-10,17H,3-6,11-16H2,1-2H3,(H,24,28)/t17-/m0/s1. The molecule has 0 radical (unpaired) electrons. The Morgan fingerprint density at radius 3 is 2.87 bits per heavy atom. The normalized spacial score (nSPS) is 19.0. The maximum atomic E-state index is 12.1. The van der Waals surface area contributed by atoms with E-state index in [-0.39, 0.29) is 6.03 Å². The molecule has 0 spiro atoms. The number of carbonyl (C=O) groups is 1. The summed E-state index contributed by atoms with van der Waals surface area (Å²) in [5, 5.41) is 3.90. The molecule has 2 aromatic rings. The summed E-state index contributed by atoms with van der Waals surface area (Å²) in [5.74, 6) is 0.914. The van der Waals surface area contributed by atoms with Crippen LogP contribution < -0.4 is 10.1 Å². The van der Waals surface area contributed by atoms with E-state index in [0.29, 0.717) is 13.1 Å². The van der Waals surface area contributed by atoms with Crippen molar-refractivity contribution in [3.63, 3.8) is 0 Å². The third kappa shape index (κ3) is 4.95. The summed E-state index contributed by atoms with van der Waals surface area (Å²) in [6.45, 7) is 9.40. The summed E-state index contributed by atoms with van der Waals surface area (Å²) in [7, 11) is 0. The highest BCUT2D eigenvalue weighted by Gasteiger charge is 2.24. The molecule has 162 valence electrons. The molecule has 30 heavy (non-hydrogen) atoms. The number of carbonyl (C=O) groups excluding carboxylic acids is 1. The van der Waals surface area contributed by atoms with Gasteiger partial charge in [0.15, 0.2) is 0 Å². The number of hydrogen-bond acceptors (Lipinski definition) is 5. The predicted molar refractivity (Wildman–Crippen MR) is 121 cm³/mol. The average molecular weight is 429 g/mol. The first kappa shape index (κ1) is 21.1. The van der Waals surface area contributed by atoms with Crippen LogP contribution in [-0.4, -0.2) is 59.6 Å². The summed E-state index contributed by atoms with van der Waals surface area (Å²) >= 11 is 1.69. The quantitative estimate of drug-likeness (QED) is 0.673. The summed E-state index contributed by atoms with van der Waals surface area (Å²) < 4.78 is 5.94. The zero-order chi connectivity index (χ0) is 20.9. The van der Waals surface area contributed by atoms with E-state index in [1.807, 2.05) is 24.0 Å². The summed E-state index contributed by atoms with van der Waals surface area (Å²) in [6, 6.07) is 8.98. The number of amides is 2. The third-order valence-corrected chi connectivity index (χ3v) is 7.13. The molecule has 1 aromatic carbocycles. The van der Waals surface area contributed by atoms with Crippen molar-refractivity contribution in [1.29, 1.82) is 0 Å². The molecule has 1 atom stereocenters. The second-order valence-corrected chi connectivity index (χ2v) is 9.23. The largest absolute Gasteiger partial charge is 0.494 e. The first-order valence-electron chi connectivity index (χ1n) is 11.1. The van der Waals surface area contributed by atoms with E-state index in [4.69, 9.17) is 9.72 Å². The average Bonchev–Trinajstić information content (AvgIpc) is 3.37. The Kier molecular flexibility index (Phi) is 6.89. The van der Waals surface area contributed by atoms with E-state index < -0.39 is 0 Å². The molecule has 1 fully saturated rings. The van der Waals surface area contributed by atoms with E-state index in [9.17, 15) is 4.79 Å². The number of hydrogen-bond donors (Lipinski definition) is 1. The topological polar surface area (TPSA) is 57.7 Å². The van der Waals surface area contributed by atoms with Gasteiger partial charge in [-0.05, 0) is 63.9 Å². The highest BCUT2D eigenvalue weighted by molar-refractivity contribution is 7.15. The Morgan fingerprint density at radius 1 is 1.30 bits per heavy atom. The third-order valence-electron chi connectivity index (χ3n) is 6.00. The van der Waals surface area contributed by atoms with Gasteiger partial charge >= 0.3 is 6.03 Å². The molecule has 2 aliphatic rings. The molecule has 3 heterocycles. The number of nitrogens with zero attached hydrogens (tertiary/aromatic N) is 3. The van der Waals surface area contributed by atoms with Gasteiger partial charge in [0.05, 0.1) is 18.8 Å². The predicted octanol–water partition coefficient (Wildman–Crippen LogP) is 4.15. The first-order valence-corrected chi connectivity index (χ1v) is 11.9. The van der Waals surface area contributed by atoms with Crippen molar-refractivity contribution in [2.45, 2.75) is 52.1 Å². The van der Waals surface area contributed by atoms with E-state index in [1.54, 1.807) is 11.3 Å². The fourth-order valence-corrected chi connectivity index (χ4v) is 5.36. The van der Waals surface area contributed by atoms with Crippen molar-refractivity contribution in [3.8, 4) is 16.3 Å². The molecule has 0 saturated carbocycles. The molecule has 2 aliphatic heterocycles. The van der Waals surface area contributed by atoms with Crippen molar-refractivity contribution in [2.75, 3.05) is 32.8 Å². The summed E-state index contributed by atoms with van der Waals surface area (Å²) in [4.78, 5) is 22.6. The highest BCUT2D eigenvalue weighted by Crippen LogP contribution is 2.32. The Balaban J connectivity index is 1.30. The number of fused-ring (bicyclic) bond motifs is 1. The van der Waals surface area contributed by atoms with Gasteiger partial charge in [0.1, 0.15) is 10.8 Å². The summed E-state index contributed by atoms with van der Waals surface area (Å²) in [6.07, 6.45) is 4.54. The number of aromatic nitrogens is 1. The Morgan fingerprint density at radius 2 is 2.13 bits per heavy atom. The smallest absolute Gasteiger partial charge is 0.317 e. The molecule has 7 heteroatoms. The van der Waals surface area contributed by atoms with Crippen LogP contribution in [0.1, 0.15) is 43.7 Å². The van der Waals surface area contributed by atoms with Crippen molar-refractivity contribution >= 4 is 17.4 Å². The van der Waals surface area contributed by atoms with Crippen LogP contribution >= 0.6 is 11.3 Å². The minimum Gasteiger partial charge on any atom is -0.494 e. The molecule has 1 aromatic heterocycles. The molecule has 1 N–H and O–H groups in total. The molecular weight excluding hydrogens is 396 g/mol. The Hall–Kier alpha value is -2.12. The fourth-order valence-electron chi connectivity index (χ4n) is 4.23. The number of nitrogens with one attached hydrogen (secondary N) is 1. The lowest BCUT2D eigenvalue weighted by molar-refractivity contribution is 0.193. The van der Waals surface area contributed by atoms with E-state index in [1.165, 1.54) is 24.3 Å². The highest BCUT2D eigenvalue weighted by atomic mass is 32.1. The van der Waals surface area contributed by atoms with Gasteiger partial charge in [-0.15, -0.1) is 11.3 Å². The fraction of sp³-hybridized carbons (Fsp3) is 0.565. The Labute approximate surface area is 183 Å². The molecule has 2 amide bonds. The SMILES string of the molecule is CCNC(=O)N1CCc2nc(-c3ccc(OCCCN4CCC[C@@H]4C)cc3)sc2C1. The molecule has 4 rings (SSSR count). The van der Waals surface area contributed by atoms with Crippen molar-refractivity contribution in [3.05, 3.63) is 34.8 Å². The number of ether oxygens (including phenoxy) is 1. The zero-order valence-corrected chi connectivity index (χ0v) is 18.8. The number of likely N-dealkylation sites (tertiary alicyclic amines) is 1. The van der Waals surface area contributed by atoms with Crippen LogP contribution in [0.4, 0.5) is 4.79 Å². The van der Waals surface area contributed by atoms with Gasteiger partial charge in [-0.2, -0.15) is 0 Å². The molecule has 0 aliphatic carbocycles. The van der Waals surface area contributed by atoms with Gasteiger partial charge in [0, 0.05) is 42.5 Å². The number of benzene rings is 1. The minimum absolute atomic E-state index is 0.0128. The monoisotopic (exact) mass is 428 g/mol. The second kappa shape index (κ2) is 9.79. The molecule has 1 saturated heterocycles. The van der Waals surface area contributed by atoms with E-state index >= 15 is 0 Å². The van der Waals surface area contributed by atoms with Crippen LogP contribution in [-0.2, 0) is 13.0 Å². The van der Waals surface area contributed by atoms with Crippen LogP contribution in [0.3, 0.4) is 0 Å². The van der Waals surface area contributed by atoms with Gasteiger partial charge in [-0.25, -0.2) is 9.78 Å². The maximum absolute atomic E-state index is 12.1. The van der Waals surface area contributed by atoms with Crippen molar-refractivity contribution < 1.29 is 9.53 Å². The molecule has 6 nitrogen and oxygen atoms in total. The number of urea groups is 1. The van der Waals surface area contributed by atoms with Crippen LogP contribution in [0.2, 0.25) is 0 Å². The lowest BCUT2D eigenvalue weighted by Gasteiger charge is -2.25. The molecule has 0 bridgehead atoms. The van der Waals surface area contributed by atoms with Gasteiger partial charge in [-0.3, -0.25) is 0 Å². The number of thiazole rings is 1. The van der Waals surface area contributed by atoms with Crippen LogP contribution in [0.5, 0.6) is 5.75 Å². The van der Waals surface area contributed by atoms with E-state index in [2.05, 4.69) is 29.3 Å². The maximum Gasteiger partial charge on any atom is 0.317 e. The first-order chi connectivity index (χ1) is 14.6. The summed E-state index contributed by atoms with van der Waals surface area (Å²) in [5.41, 5.74) is 2.24. The van der Waals surface area contributed by atoms with Gasteiger partial charge in [0.25, 0.3) is 0 Å². The van der Waals surface area contributed by atoms with Crippen molar-refractivity contribution in [1.82, 2.24) is 20.1 Å². The lowest BCUT2D eigenvalue weighted by Crippen LogP contribution is -2.42. The van der Waals surface area contributed by atoms with Gasteiger partial charge < -0.3 is 19.9 Å². The van der Waals surface area contributed by atoms with Crippen LogP contribution in [0, 0.1) is 0 Å². The van der Waals surface area contributed by atoms with Crippen LogP contribution in [0.25, 0.3) is 10.6 Å². The van der Waals surface area contributed by atoms with Crippen LogP contribution in [0.15, 0.2) is 24.3 Å².